The van der Waals surface area contributed by atoms with Crippen LogP contribution in [0.15, 0.2) is 41.3 Å². The van der Waals surface area contributed by atoms with E-state index in [0.29, 0.717) is 38.9 Å². The average Bonchev–Trinajstić information content (AvgIpc) is 2.94. The largest absolute Gasteiger partial charge is 0.493 e. The highest BCUT2D eigenvalue weighted by molar-refractivity contribution is 8.26. The highest BCUT2D eigenvalue weighted by Crippen LogP contribution is 2.39. The van der Waals surface area contributed by atoms with Crippen LogP contribution in [0.2, 0.25) is 5.02 Å². The number of amides is 1. The third kappa shape index (κ3) is 4.51. The summed E-state index contributed by atoms with van der Waals surface area (Å²) < 4.78 is 11.9. The van der Waals surface area contributed by atoms with Crippen LogP contribution in [0, 0.1) is 6.92 Å². The molecule has 0 saturated carbocycles. The maximum absolute atomic E-state index is 12.4. The van der Waals surface area contributed by atoms with Gasteiger partial charge in [-0.2, -0.15) is 0 Å². The van der Waals surface area contributed by atoms with E-state index in [0.717, 1.165) is 11.1 Å². The van der Waals surface area contributed by atoms with Gasteiger partial charge in [0.1, 0.15) is 10.9 Å². The van der Waals surface area contributed by atoms with E-state index in [1.165, 1.54) is 17.3 Å². The number of ether oxygens (including phenoxy) is 2. The third-order valence-electron chi connectivity index (χ3n) is 4.24. The van der Waals surface area contributed by atoms with E-state index in [-0.39, 0.29) is 5.91 Å². The Morgan fingerprint density at radius 2 is 1.96 bits per heavy atom. The summed E-state index contributed by atoms with van der Waals surface area (Å²) in [6, 6.07) is 11.7. The molecular formula is C21H20ClNO3S2. The lowest BCUT2D eigenvalue weighted by atomic mass is 10.1. The molecule has 146 valence electrons. The smallest absolute Gasteiger partial charge is 0.266 e. The Hall–Kier alpha value is -2.02. The number of thioether (sulfide) groups is 1. The maximum Gasteiger partial charge on any atom is 0.266 e. The van der Waals surface area contributed by atoms with Crippen LogP contribution in [0.4, 0.5) is 0 Å². The Morgan fingerprint density at radius 3 is 2.57 bits per heavy atom. The topological polar surface area (TPSA) is 38.8 Å². The molecule has 0 spiro atoms. The number of nitrogens with zero attached hydrogens (tertiary/aromatic N) is 1. The second-order valence-corrected chi connectivity index (χ2v) is 8.32. The van der Waals surface area contributed by atoms with Gasteiger partial charge in [-0.1, -0.05) is 65.4 Å². The Kier molecular flexibility index (Phi) is 6.65. The molecule has 0 N–H and O–H groups in total. The SMILES string of the molecule is CCN1C(=O)/C(=C/c2cc(Cl)c(OCc3ccc(C)cc3)c(OC)c2)SC1=S. The Balaban J connectivity index is 1.83. The number of hydrogen-bond donors (Lipinski definition) is 0. The summed E-state index contributed by atoms with van der Waals surface area (Å²) in [7, 11) is 1.56. The summed E-state index contributed by atoms with van der Waals surface area (Å²) in [6.07, 6.45) is 1.77. The number of benzene rings is 2. The van der Waals surface area contributed by atoms with Crippen molar-refractivity contribution in [3.8, 4) is 11.5 Å². The van der Waals surface area contributed by atoms with Gasteiger partial charge in [-0.05, 0) is 43.2 Å². The first-order valence-electron chi connectivity index (χ1n) is 8.74. The van der Waals surface area contributed by atoms with Crippen molar-refractivity contribution in [3.63, 3.8) is 0 Å². The Morgan fingerprint density at radius 1 is 1.25 bits per heavy atom. The minimum Gasteiger partial charge on any atom is -0.493 e. The van der Waals surface area contributed by atoms with Crippen LogP contribution in [0.5, 0.6) is 11.5 Å². The van der Waals surface area contributed by atoms with Crippen LogP contribution in [0.3, 0.4) is 0 Å². The van der Waals surface area contributed by atoms with Crippen LogP contribution >= 0.6 is 35.6 Å². The van der Waals surface area contributed by atoms with Gasteiger partial charge in [0.05, 0.1) is 17.0 Å². The molecule has 2 aromatic carbocycles. The minimum absolute atomic E-state index is 0.0905. The summed E-state index contributed by atoms with van der Waals surface area (Å²) >= 11 is 13.0. The molecule has 1 aliphatic rings. The molecule has 0 atom stereocenters. The zero-order valence-corrected chi connectivity index (χ0v) is 18.2. The second-order valence-electron chi connectivity index (χ2n) is 6.23. The van der Waals surface area contributed by atoms with Crippen molar-refractivity contribution < 1.29 is 14.3 Å². The van der Waals surface area contributed by atoms with Gasteiger partial charge >= 0.3 is 0 Å². The summed E-state index contributed by atoms with van der Waals surface area (Å²) in [6.45, 7) is 4.87. The molecule has 0 aliphatic carbocycles. The summed E-state index contributed by atoms with van der Waals surface area (Å²) in [4.78, 5) is 14.5. The first kappa shape index (κ1) is 20.7. The predicted octanol–water partition coefficient (Wildman–Crippen LogP) is 5.46. The lowest BCUT2D eigenvalue weighted by Gasteiger charge is -2.14. The predicted molar refractivity (Wildman–Crippen MR) is 119 cm³/mol. The van der Waals surface area contributed by atoms with Crippen molar-refractivity contribution in [2.24, 2.45) is 0 Å². The number of carbonyl (C=O) groups is 1. The van der Waals surface area contributed by atoms with Crippen molar-refractivity contribution in [2.45, 2.75) is 20.5 Å². The average molecular weight is 434 g/mol. The van der Waals surface area contributed by atoms with Gasteiger partial charge in [-0.25, -0.2) is 0 Å². The monoisotopic (exact) mass is 433 g/mol. The zero-order chi connectivity index (χ0) is 20.3. The Bertz CT molecular complexity index is 941. The first-order valence-corrected chi connectivity index (χ1v) is 10.3. The van der Waals surface area contributed by atoms with Crippen molar-refractivity contribution >= 4 is 51.9 Å². The molecule has 1 fully saturated rings. The fourth-order valence-corrected chi connectivity index (χ4v) is 4.38. The van der Waals surface area contributed by atoms with Gasteiger partial charge < -0.3 is 9.47 Å². The molecule has 1 saturated heterocycles. The Labute approximate surface area is 179 Å². The molecule has 1 amide bonds. The van der Waals surface area contributed by atoms with Gasteiger partial charge in [0.25, 0.3) is 5.91 Å². The van der Waals surface area contributed by atoms with Crippen molar-refractivity contribution in [3.05, 3.63) is 63.0 Å². The number of aryl methyl sites for hydroxylation is 1. The van der Waals surface area contributed by atoms with Crippen LogP contribution in [-0.2, 0) is 11.4 Å². The van der Waals surface area contributed by atoms with Gasteiger partial charge in [0, 0.05) is 6.54 Å². The molecule has 28 heavy (non-hydrogen) atoms. The summed E-state index contributed by atoms with van der Waals surface area (Å²) in [5.74, 6) is 0.895. The summed E-state index contributed by atoms with van der Waals surface area (Å²) in [5, 5.41) is 0.420. The number of rotatable bonds is 6. The van der Waals surface area contributed by atoms with E-state index in [2.05, 4.69) is 0 Å². The quantitative estimate of drug-likeness (QED) is 0.447. The van der Waals surface area contributed by atoms with E-state index in [1.54, 1.807) is 30.2 Å². The fraction of sp³-hybridized carbons (Fsp3) is 0.238. The normalized spacial score (nSPS) is 15.4. The van der Waals surface area contributed by atoms with Crippen LogP contribution < -0.4 is 9.47 Å². The maximum atomic E-state index is 12.4. The highest BCUT2D eigenvalue weighted by Gasteiger charge is 2.30. The number of thiocarbonyl (C=S) groups is 1. The van der Waals surface area contributed by atoms with Gasteiger partial charge in [0.2, 0.25) is 0 Å². The molecule has 0 unspecified atom stereocenters. The summed E-state index contributed by atoms with van der Waals surface area (Å²) in [5.41, 5.74) is 2.98. The molecule has 3 rings (SSSR count). The van der Waals surface area contributed by atoms with Crippen LogP contribution in [-0.4, -0.2) is 28.8 Å². The van der Waals surface area contributed by atoms with Crippen molar-refractivity contribution in [2.75, 3.05) is 13.7 Å². The molecule has 7 heteroatoms. The van der Waals surface area contributed by atoms with Crippen molar-refractivity contribution in [1.29, 1.82) is 0 Å². The molecule has 0 aromatic heterocycles. The number of methoxy groups -OCH3 is 1. The number of carbonyl (C=O) groups excluding carboxylic acids is 1. The molecule has 0 radical (unpaired) electrons. The third-order valence-corrected chi connectivity index (χ3v) is 5.90. The van der Waals surface area contributed by atoms with E-state index in [4.69, 9.17) is 33.3 Å². The molecule has 1 heterocycles. The van der Waals surface area contributed by atoms with Gasteiger partial charge in [-0.15, -0.1) is 0 Å². The van der Waals surface area contributed by atoms with E-state index < -0.39 is 0 Å². The van der Waals surface area contributed by atoms with E-state index in [9.17, 15) is 4.79 Å². The molecular weight excluding hydrogens is 414 g/mol. The standard InChI is InChI=1S/C21H20ClNO3S2/c1-4-23-20(24)18(28-21(23)27)11-15-9-16(22)19(17(10-15)25-3)26-12-14-7-5-13(2)6-8-14/h5-11H,4,12H2,1-3H3/b18-11-. The molecule has 4 nitrogen and oxygen atoms in total. The molecule has 2 aromatic rings. The fourth-order valence-electron chi connectivity index (χ4n) is 2.73. The van der Waals surface area contributed by atoms with Crippen LogP contribution in [0.1, 0.15) is 23.6 Å². The number of hydrogen-bond acceptors (Lipinski definition) is 5. The number of likely N-dealkylation sites (N-methyl/N-ethyl adjacent to an activating group) is 1. The highest BCUT2D eigenvalue weighted by atomic mass is 35.5. The van der Waals surface area contributed by atoms with E-state index in [1.807, 2.05) is 38.1 Å². The number of halogens is 1. The molecule has 0 bridgehead atoms. The van der Waals surface area contributed by atoms with E-state index >= 15 is 0 Å². The van der Waals surface area contributed by atoms with Crippen molar-refractivity contribution in [1.82, 2.24) is 4.90 Å². The second kappa shape index (κ2) is 8.99. The minimum atomic E-state index is -0.0905. The van der Waals surface area contributed by atoms with Crippen LogP contribution in [0.25, 0.3) is 6.08 Å². The lowest BCUT2D eigenvalue weighted by Crippen LogP contribution is -2.27. The van der Waals surface area contributed by atoms with Gasteiger partial charge in [0.15, 0.2) is 11.5 Å². The molecule has 1 aliphatic heterocycles. The zero-order valence-electron chi connectivity index (χ0n) is 15.8. The lowest BCUT2D eigenvalue weighted by molar-refractivity contribution is -0.121. The van der Waals surface area contributed by atoms with Gasteiger partial charge in [-0.3, -0.25) is 9.69 Å². The first-order chi connectivity index (χ1) is 13.4.